The third-order valence-electron chi connectivity index (χ3n) is 21.9. The van der Waals surface area contributed by atoms with Crippen molar-refractivity contribution < 1.29 is 29.3 Å². The van der Waals surface area contributed by atoms with Crippen LogP contribution in [0.4, 0.5) is 25.8 Å². The number of rotatable bonds is 11. The van der Waals surface area contributed by atoms with Gasteiger partial charge in [-0.25, -0.2) is 29.3 Å². The molecule has 3 saturated heterocycles. The van der Waals surface area contributed by atoms with Crippen LogP contribution in [0, 0.1) is 25.2 Å². The van der Waals surface area contributed by atoms with Gasteiger partial charge in [0.15, 0.2) is 0 Å². The van der Waals surface area contributed by atoms with Gasteiger partial charge in [0.25, 0.3) is 0 Å². The van der Waals surface area contributed by atoms with E-state index in [-0.39, 0.29) is 42.0 Å². The Balaban J connectivity index is 0.000000137. The number of phenolic OH excluding ortho intramolecular Hbond substituents is 1. The summed E-state index contributed by atoms with van der Waals surface area (Å²) in [7, 11) is 1.89. The highest BCUT2D eigenvalue weighted by molar-refractivity contribution is 9.10. The summed E-state index contributed by atoms with van der Waals surface area (Å²) < 4.78 is 13.6. The van der Waals surface area contributed by atoms with Crippen LogP contribution in [0.25, 0.3) is 34.9 Å². The minimum absolute atomic E-state index is 0.0410. The standard InChI is InChI=1S/C31H28BrN7O.C30H28BrClN6O2.C28H33N5O3/c1-21-34-10-11-39(21)20-24-16-23-4-2-3-5-27(23)30(29-28(24)17-25(32)19-35-29)37-12-14-38(15-13-37)31(40)36-26-8-6-22(18-33)7-9-26;1-19-33-8-9-38(19)18-21-14-20-15-23(32)2-7-26(20)29(28-27(21)16-22(31)17-34-28)36-10-12-37(13-11-36)30(40)35-24-3-5-25(39)6-4-24;1-28(2,3)36-27(35)33-14-12-32(13-15-33)25-21-10-6-5-9-20(21)22(16-19-8-7-11-30-24(19)25)26(34)23-17-29-18-31(23)4/h2-11,16-17,19,30H,12-15,20H2,1H3,(H,36,40);2-9,14-17,29,39H,10-13,18H2,1H3,(H,35,40);5-11,16-18,25-26,34H,12-15H2,1-4H3/t;;25-,26?/m..0/s1. The van der Waals surface area contributed by atoms with Gasteiger partial charge in [0, 0.05) is 179 Å². The highest BCUT2D eigenvalue weighted by atomic mass is 79.9. The van der Waals surface area contributed by atoms with E-state index in [0.29, 0.717) is 114 Å². The summed E-state index contributed by atoms with van der Waals surface area (Å²) in [6, 6.07) is 46.1. The van der Waals surface area contributed by atoms with Crippen LogP contribution in [-0.4, -0.2) is 186 Å². The van der Waals surface area contributed by atoms with Crippen LogP contribution in [0.15, 0.2) is 204 Å². The molecule has 4 N–H and O–H groups in total. The summed E-state index contributed by atoms with van der Waals surface area (Å²) in [6.45, 7) is 18.7. The molecule has 6 aliphatic rings. The number of aromatic nitrogens is 9. The van der Waals surface area contributed by atoms with Crippen molar-refractivity contribution in [1.82, 2.24) is 73.0 Å². The number of hydrogen-bond acceptors (Lipinski definition) is 16. The Hall–Kier alpha value is -11.4. The molecule has 5 aromatic carbocycles. The second kappa shape index (κ2) is 35.0. The first-order valence-corrected chi connectivity index (χ1v) is 40.6. The first-order valence-electron chi connectivity index (χ1n) is 38.7. The van der Waals surface area contributed by atoms with Gasteiger partial charge in [-0.15, -0.1) is 0 Å². The number of piperazine rings is 3. The fourth-order valence-electron chi connectivity index (χ4n) is 16.0. The van der Waals surface area contributed by atoms with Crippen LogP contribution < -0.4 is 10.6 Å². The molecule has 27 heteroatoms. The molecule has 116 heavy (non-hydrogen) atoms. The van der Waals surface area contributed by atoms with E-state index >= 15 is 0 Å². The van der Waals surface area contributed by atoms with Gasteiger partial charge >= 0.3 is 18.2 Å². The van der Waals surface area contributed by atoms with Gasteiger partial charge in [-0.3, -0.25) is 29.7 Å². The van der Waals surface area contributed by atoms with Crippen molar-refractivity contribution in [2.75, 3.05) is 89.2 Å². The van der Waals surface area contributed by atoms with E-state index in [0.717, 1.165) is 93.5 Å². The Morgan fingerprint density at radius 2 is 1.06 bits per heavy atom. The van der Waals surface area contributed by atoms with Crippen molar-refractivity contribution in [1.29, 1.82) is 5.26 Å². The number of carbonyl (C=O) groups excluding carboxylic acids is 3. The topological polar surface area (TPSA) is 260 Å². The van der Waals surface area contributed by atoms with E-state index in [9.17, 15) is 24.6 Å². The second-order valence-corrected chi connectivity index (χ2v) is 32.7. The quantitative estimate of drug-likeness (QED) is 0.0877. The third-order valence-corrected chi connectivity index (χ3v) is 23.0. The SMILES string of the molecule is Cc1nccn1CC1=Cc2cc(Cl)ccc2C(N2CCN(C(=O)Nc3ccc(O)cc3)CC2)c2ncc(Br)cc21.Cc1nccn1CC1=Cc2ccccc2C(N2CCN(C(=O)Nc3ccc(C#N)cc3)CC2)c2ncc(Br)cc21.Cn1cncc1C(O)C1=Cc2cccnc2[C@@H](N2CCN(C(=O)OC(C)(C)C)CC2)c2ccccc21. The zero-order valence-corrected chi connectivity index (χ0v) is 69.2. The lowest BCUT2D eigenvalue weighted by Gasteiger charge is -2.40. The summed E-state index contributed by atoms with van der Waals surface area (Å²) in [6.07, 6.45) is 22.0. The fourth-order valence-corrected chi connectivity index (χ4v) is 16.8. The number of hydrogen-bond donors (Lipinski definition) is 4. The van der Waals surface area contributed by atoms with E-state index in [1.165, 1.54) is 16.7 Å². The molecule has 4 atom stereocenters. The number of fused-ring (bicyclic) bond motifs is 6. The highest BCUT2D eigenvalue weighted by Gasteiger charge is 2.39. The predicted molar refractivity (Wildman–Crippen MR) is 457 cm³/mol. The third kappa shape index (κ3) is 17.8. The average molecular weight is 1700 g/mol. The number of phenols is 1. The van der Waals surface area contributed by atoms with E-state index < -0.39 is 11.7 Å². The number of halogens is 3. The molecule has 3 unspecified atom stereocenters. The molecule has 0 spiro atoms. The number of aliphatic hydroxyl groups is 1. The van der Waals surface area contributed by atoms with E-state index in [1.807, 2.05) is 136 Å². The summed E-state index contributed by atoms with van der Waals surface area (Å²) in [5, 5.41) is 36.6. The number of carbonyl (C=O) groups is 3. The Morgan fingerprint density at radius 1 is 0.560 bits per heavy atom. The Kier molecular flexibility index (Phi) is 24.1. The molecule has 6 aromatic heterocycles. The van der Waals surface area contributed by atoms with Gasteiger partial charge in [-0.05, 0) is 219 Å². The molecule has 17 rings (SSSR count). The van der Waals surface area contributed by atoms with Crippen LogP contribution in [0.5, 0.6) is 5.75 Å². The summed E-state index contributed by atoms with van der Waals surface area (Å²) in [5.74, 6) is 2.07. The van der Waals surface area contributed by atoms with Crippen molar-refractivity contribution in [2.24, 2.45) is 7.05 Å². The zero-order chi connectivity index (χ0) is 80.9. The van der Waals surface area contributed by atoms with Gasteiger partial charge in [0.1, 0.15) is 29.1 Å². The lowest BCUT2D eigenvalue weighted by Crippen LogP contribution is -2.51. The number of allylic oxidation sites excluding steroid dienone is 2. The Morgan fingerprint density at radius 3 is 1.59 bits per heavy atom. The molecule has 3 aliphatic carbocycles. The minimum Gasteiger partial charge on any atom is -0.508 e. The molecule has 0 bridgehead atoms. The number of amides is 5. The highest BCUT2D eigenvalue weighted by Crippen LogP contribution is 2.46. The lowest BCUT2D eigenvalue weighted by atomic mass is 9.91. The minimum atomic E-state index is -0.838. The largest absolute Gasteiger partial charge is 0.508 e. The van der Waals surface area contributed by atoms with E-state index in [4.69, 9.17) is 36.6 Å². The Bertz CT molecular complexity index is 5590. The number of ether oxygens (including phenoxy) is 1. The molecule has 0 radical (unpaired) electrons. The number of pyridine rings is 3. The number of urea groups is 2. The second-order valence-electron chi connectivity index (χ2n) is 30.5. The maximum absolute atomic E-state index is 13.0. The van der Waals surface area contributed by atoms with Crippen molar-refractivity contribution >= 4 is 108 Å². The van der Waals surface area contributed by atoms with Crippen molar-refractivity contribution in [3.8, 4) is 11.8 Å². The summed E-state index contributed by atoms with van der Waals surface area (Å²) in [4.78, 5) is 79.1. The number of aliphatic hydroxyl groups excluding tert-OH is 1. The first-order chi connectivity index (χ1) is 56.1. The van der Waals surface area contributed by atoms with Gasteiger partial charge in [-0.2, -0.15) is 5.26 Å². The van der Waals surface area contributed by atoms with Crippen molar-refractivity contribution in [2.45, 2.75) is 77.5 Å². The molecule has 9 heterocycles. The molecular formula is C89H89Br2ClN18O6. The molecule has 11 aromatic rings. The summed E-state index contributed by atoms with van der Waals surface area (Å²) >= 11 is 13.8. The number of nitrogens with zero attached hydrogens (tertiary/aromatic N) is 16. The van der Waals surface area contributed by atoms with Gasteiger partial charge in [0.05, 0.1) is 65.1 Å². The van der Waals surface area contributed by atoms with Crippen LogP contribution in [0.3, 0.4) is 0 Å². The monoisotopic (exact) mass is 1700 g/mol. The zero-order valence-electron chi connectivity index (χ0n) is 65.2. The fraction of sp³-hybridized carbons (Fsp3) is 0.281. The normalized spacial score (nSPS) is 17.6. The smallest absolute Gasteiger partial charge is 0.410 e. The van der Waals surface area contributed by atoms with Gasteiger partial charge < -0.3 is 54.0 Å². The number of benzene rings is 5. The molecular weight excluding hydrogens is 1610 g/mol. The van der Waals surface area contributed by atoms with Crippen LogP contribution >= 0.6 is 43.5 Å². The maximum Gasteiger partial charge on any atom is 0.410 e. The lowest BCUT2D eigenvalue weighted by molar-refractivity contribution is 0.0117. The number of imidazole rings is 3. The van der Waals surface area contributed by atoms with Gasteiger partial charge in [0.2, 0.25) is 0 Å². The van der Waals surface area contributed by atoms with Crippen LogP contribution in [0.2, 0.25) is 5.02 Å². The molecule has 3 fully saturated rings. The van der Waals surface area contributed by atoms with Crippen molar-refractivity contribution in [3.05, 3.63) is 299 Å². The first kappa shape index (κ1) is 79.8. The molecule has 0 saturated carbocycles. The number of anilines is 2. The maximum atomic E-state index is 13.0. The number of aryl methyl sites for hydroxylation is 3. The van der Waals surface area contributed by atoms with E-state index in [1.54, 1.807) is 66.0 Å². The van der Waals surface area contributed by atoms with Crippen molar-refractivity contribution in [3.63, 3.8) is 0 Å². The molecule has 5 amide bonds. The number of nitriles is 1. The van der Waals surface area contributed by atoms with Gasteiger partial charge in [-0.1, -0.05) is 72.3 Å². The van der Waals surface area contributed by atoms with Crippen LogP contribution in [-0.2, 0) is 24.9 Å². The van der Waals surface area contributed by atoms with E-state index in [2.05, 4.69) is 160 Å². The molecule has 592 valence electrons. The number of aromatic hydroxyl groups is 1. The predicted octanol–water partition coefficient (Wildman–Crippen LogP) is 16.0. The number of nitrogens with one attached hydrogen (secondary N) is 2. The molecule has 24 nitrogen and oxygen atoms in total. The average Bonchev–Trinajstić information content (AvgIpc) is 1.54. The van der Waals surface area contributed by atoms with Crippen LogP contribution in [0.1, 0.15) is 135 Å². The Labute approximate surface area is 696 Å². The molecule has 3 aliphatic heterocycles. The summed E-state index contributed by atoms with van der Waals surface area (Å²) in [5.41, 5.74) is 18.0.